The maximum atomic E-state index is 15.3. The van der Waals surface area contributed by atoms with Crippen molar-refractivity contribution in [1.29, 1.82) is 0 Å². The molecule has 0 saturated carbocycles. The van der Waals surface area contributed by atoms with E-state index < -0.39 is 23.5 Å². The van der Waals surface area contributed by atoms with Crippen LogP contribution in [0.3, 0.4) is 0 Å². The second-order valence-electron chi connectivity index (χ2n) is 10.4. The third-order valence-electron chi connectivity index (χ3n) is 6.11. The van der Waals surface area contributed by atoms with E-state index in [1.165, 1.54) is 0 Å². The number of nitrogens with zero attached hydrogens (tertiary/aromatic N) is 2. The zero-order valence-corrected chi connectivity index (χ0v) is 24.7. The number of aliphatic hydroxyl groups excluding tert-OH is 1. The Balaban J connectivity index is 1.44. The van der Waals surface area contributed by atoms with Gasteiger partial charge in [-0.05, 0) is 63.4 Å². The van der Waals surface area contributed by atoms with E-state index in [0.717, 1.165) is 18.4 Å². The van der Waals surface area contributed by atoms with Crippen LogP contribution in [-0.4, -0.2) is 53.5 Å². The first kappa shape index (κ1) is 29.2. The van der Waals surface area contributed by atoms with E-state index in [9.17, 15) is 5.11 Å². The Hall–Kier alpha value is -1.77. The van der Waals surface area contributed by atoms with Crippen LogP contribution in [0.4, 0.5) is 10.1 Å². The molecule has 0 aliphatic carbocycles. The molecule has 2 aromatic rings. The number of ether oxygens (including phenoxy) is 2. The van der Waals surface area contributed by atoms with Gasteiger partial charge in [-0.25, -0.2) is 9.38 Å². The Labute approximate surface area is 232 Å². The van der Waals surface area contributed by atoms with Crippen molar-refractivity contribution in [3.63, 3.8) is 0 Å². The minimum Gasteiger partial charge on any atom is -0.490 e. The van der Waals surface area contributed by atoms with Crippen molar-refractivity contribution in [1.82, 2.24) is 15.8 Å². The van der Waals surface area contributed by atoms with Gasteiger partial charge >= 0.3 is 0 Å². The summed E-state index contributed by atoms with van der Waals surface area (Å²) in [6, 6.07) is 10.9. The largest absolute Gasteiger partial charge is 0.490 e. The topological polar surface area (TPSA) is 116 Å². The molecule has 2 aromatic carbocycles. The highest BCUT2D eigenvalue weighted by molar-refractivity contribution is 7.38. The quantitative estimate of drug-likeness (QED) is 0.234. The number of hydrogen-bond acceptors (Lipinski definition) is 9. The predicted octanol–water partition coefficient (Wildman–Crippen LogP) is 3.89. The monoisotopic (exact) mass is 584 g/mol. The molecule has 0 spiro atoms. The fourth-order valence-corrected chi connectivity index (χ4v) is 5.14. The van der Waals surface area contributed by atoms with Crippen LogP contribution in [0.15, 0.2) is 41.4 Å². The van der Waals surface area contributed by atoms with Gasteiger partial charge in [-0.15, -0.1) is 0 Å². The van der Waals surface area contributed by atoms with Gasteiger partial charge in [-0.1, -0.05) is 42.2 Å². The number of nitrogens with two attached hydrogens (primary N) is 1. The minimum atomic E-state index is -1.81. The van der Waals surface area contributed by atoms with E-state index in [4.69, 9.17) is 26.8 Å². The Kier molecular flexibility index (Phi) is 9.05. The second-order valence-corrected chi connectivity index (χ2v) is 13.2. The van der Waals surface area contributed by atoms with Crippen LogP contribution in [0.2, 0.25) is 5.02 Å². The van der Waals surface area contributed by atoms with Crippen LogP contribution in [0.1, 0.15) is 39.2 Å². The lowest BCUT2D eigenvalue weighted by atomic mass is 9.98. The van der Waals surface area contributed by atoms with Crippen LogP contribution < -0.4 is 26.6 Å². The van der Waals surface area contributed by atoms with Gasteiger partial charge in [0.05, 0.1) is 10.6 Å². The first-order valence-electron chi connectivity index (χ1n) is 12.4. The number of hydrazine groups is 1. The summed E-state index contributed by atoms with van der Waals surface area (Å²) in [7, 11) is 4.40. The molecule has 0 aromatic heterocycles. The number of likely N-dealkylation sites (tertiary alicyclic amines) is 1. The van der Waals surface area contributed by atoms with Crippen LogP contribution >= 0.6 is 30.1 Å². The number of rotatable bonds is 8. The molecule has 0 radical (unpaired) electrons. The van der Waals surface area contributed by atoms with Gasteiger partial charge in [0, 0.05) is 29.9 Å². The van der Waals surface area contributed by atoms with Gasteiger partial charge in [-0.3, -0.25) is 10.3 Å². The van der Waals surface area contributed by atoms with Crippen LogP contribution in [0, 0.1) is 0 Å². The average molecular weight is 585 g/mol. The first-order chi connectivity index (χ1) is 17.8. The normalized spacial score (nSPS) is 20.1. The third kappa shape index (κ3) is 7.66. The molecule has 0 amide bonds. The smallest absolute Gasteiger partial charge is 0.216 e. The number of aliphatic hydroxyl groups is 1. The van der Waals surface area contributed by atoms with Gasteiger partial charge in [0.15, 0.2) is 11.4 Å². The summed E-state index contributed by atoms with van der Waals surface area (Å²) in [5.74, 6) is 0.968. The number of hydrogen-bond donors (Lipinski definition) is 5. The predicted molar refractivity (Wildman–Crippen MR) is 156 cm³/mol. The highest BCUT2D eigenvalue weighted by Crippen LogP contribution is 2.48. The standard InChI is InChI=1S/C25H36ClFN6O3P2/c1-24(2,3)36-23(34)33-10-8-17(9-11-33)35-16-6-4-14(5-7-16)20-18(25(27,37)38)12-15(13-19(20)26)29-22-30-21(28)31-32-22/h4-7,12-13,17,22-23,29,32,34H,8-11,37-38H2,1-3H3,(H3,28,30,31). The fourth-order valence-electron chi connectivity index (χ4n) is 4.36. The molecule has 2 aliphatic rings. The summed E-state index contributed by atoms with van der Waals surface area (Å²) in [6.45, 7) is 7.09. The zero-order chi connectivity index (χ0) is 27.7. The van der Waals surface area contributed by atoms with E-state index in [1.807, 2.05) is 49.9 Å². The molecular weight excluding hydrogens is 549 g/mol. The van der Waals surface area contributed by atoms with Gasteiger partial charge in [0.1, 0.15) is 11.9 Å². The lowest BCUT2D eigenvalue weighted by molar-refractivity contribution is -0.244. The van der Waals surface area contributed by atoms with Crippen molar-refractivity contribution in [3.8, 4) is 16.9 Å². The molecule has 1 fully saturated rings. The molecular formula is C25H36ClFN6O3P2. The number of alkyl halides is 1. The number of nitrogens with one attached hydrogen (secondary N) is 3. The summed E-state index contributed by atoms with van der Waals surface area (Å²) in [5, 5.41) is 12.0. The molecule has 0 bridgehead atoms. The zero-order valence-electron chi connectivity index (χ0n) is 21.7. The number of halogens is 2. The van der Waals surface area contributed by atoms with E-state index in [2.05, 4.69) is 39.6 Å². The summed E-state index contributed by atoms with van der Waals surface area (Å²) in [4.78, 5) is 6.06. The van der Waals surface area contributed by atoms with Crippen LogP contribution in [0.5, 0.6) is 5.75 Å². The van der Waals surface area contributed by atoms with Gasteiger partial charge < -0.3 is 25.6 Å². The molecule has 208 valence electrons. The van der Waals surface area contributed by atoms with E-state index in [1.54, 1.807) is 12.1 Å². The SMILES string of the molecule is CC(C)(C)OC(O)N1CCC(Oc2ccc(-c3c(Cl)cc(NC4N=C(N)NN4)cc3C(F)(P)P)cc2)CC1. The number of benzene rings is 2. The summed E-state index contributed by atoms with van der Waals surface area (Å²) < 4.78 is 27.1. The number of anilines is 1. The minimum absolute atomic E-state index is 0.0244. The Morgan fingerprint density at radius 3 is 2.42 bits per heavy atom. The Morgan fingerprint density at radius 1 is 1.21 bits per heavy atom. The maximum Gasteiger partial charge on any atom is 0.216 e. The van der Waals surface area contributed by atoms with Crippen molar-refractivity contribution >= 4 is 41.7 Å². The van der Waals surface area contributed by atoms with E-state index >= 15 is 4.39 Å². The van der Waals surface area contributed by atoms with Gasteiger partial charge in [0.25, 0.3) is 0 Å². The molecule has 13 heteroatoms. The molecule has 4 atom stereocenters. The van der Waals surface area contributed by atoms with Gasteiger partial charge in [-0.2, -0.15) is 5.43 Å². The molecule has 2 heterocycles. The van der Waals surface area contributed by atoms with Crippen molar-refractivity contribution in [3.05, 3.63) is 47.0 Å². The summed E-state index contributed by atoms with van der Waals surface area (Å²) >= 11 is 6.68. The van der Waals surface area contributed by atoms with Crippen LogP contribution in [-0.2, 0) is 9.89 Å². The van der Waals surface area contributed by atoms with Crippen molar-refractivity contribution < 1.29 is 19.0 Å². The molecule has 1 saturated heterocycles. The lowest BCUT2D eigenvalue weighted by Crippen LogP contribution is -2.47. The molecule has 38 heavy (non-hydrogen) atoms. The number of guanidine groups is 1. The molecule has 2 aliphatic heterocycles. The lowest BCUT2D eigenvalue weighted by Gasteiger charge is -2.37. The third-order valence-corrected chi connectivity index (χ3v) is 7.03. The fraction of sp³-hybridized carbons (Fsp3) is 0.480. The Morgan fingerprint density at radius 2 is 1.87 bits per heavy atom. The van der Waals surface area contributed by atoms with Gasteiger partial charge in [0.2, 0.25) is 12.4 Å². The van der Waals surface area contributed by atoms with Crippen molar-refractivity contribution in [2.45, 2.75) is 63.2 Å². The van der Waals surface area contributed by atoms with Crippen LogP contribution in [0.25, 0.3) is 11.1 Å². The molecule has 6 N–H and O–H groups in total. The Bertz CT molecular complexity index is 1150. The first-order valence-corrected chi connectivity index (χ1v) is 13.9. The average Bonchev–Trinajstić information content (AvgIpc) is 3.22. The van der Waals surface area contributed by atoms with E-state index in [-0.39, 0.29) is 12.1 Å². The maximum absolute atomic E-state index is 15.3. The van der Waals surface area contributed by atoms with E-state index in [0.29, 0.717) is 40.7 Å². The highest BCUT2D eigenvalue weighted by atomic mass is 35.5. The summed E-state index contributed by atoms with van der Waals surface area (Å²) in [6.07, 6.45) is 0.121. The van der Waals surface area contributed by atoms with Crippen molar-refractivity contribution in [2.75, 3.05) is 18.4 Å². The van der Waals surface area contributed by atoms with Crippen molar-refractivity contribution in [2.24, 2.45) is 10.7 Å². The molecule has 4 unspecified atom stereocenters. The summed E-state index contributed by atoms with van der Waals surface area (Å²) in [5.41, 5.74) is 13.1. The molecule has 4 rings (SSSR count). The number of aliphatic imine (C=N–C) groups is 1. The number of piperidine rings is 1. The second kappa shape index (κ2) is 11.8. The molecule has 9 nitrogen and oxygen atoms in total. The highest BCUT2D eigenvalue weighted by Gasteiger charge is 2.29.